The van der Waals surface area contributed by atoms with E-state index in [-0.39, 0.29) is 5.41 Å². The fourth-order valence-electron chi connectivity index (χ4n) is 10.9. The Labute approximate surface area is 370 Å². The molecule has 4 aromatic heterocycles. The number of aryl methyl sites for hydroxylation is 1. The van der Waals surface area contributed by atoms with E-state index in [9.17, 15) is 0 Å². The van der Waals surface area contributed by atoms with Gasteiger partial charge >= 0.3 is 0 Å². The Morgan fingerprint density at radius 1 is 0.403 bits per heavy atom. The van der Waals surface area contributed by atoms with Gasteiger partial charge in [-0.1, -0.05) is 110 Å². The first kappa shape index (κ1) is 35.1. The van der Waals surface area contributed by atoms with Crippen molar-refractivity contribution in [2.45, 2.75) is 26.2 Å². The first-order valence-electron chi connectivity index (χ1n) is 21.4. The van der Waals surface area contributed by atoms with Crippen LogP contribution >= 0.6 is 34.0 Å². The van der Waals surface area contributed by atoms with Crippen LogP contribution in [0.15, 0.2) is 170 Å². The van der Waals surface area contributed by atoms with E-state index < -0.39 is 0 Å². The van der Waals surface area contributed by atoms with Crippen LogP contribution in [0.1, 0.15) is 30.5 Å². The Balaban J connectivity index is 0.994. The maximum Gasteiger partial charge on any atom is 0.0541 e. The molecule has 0 bridgehead atoms. The Morgan fingerprint density at radius 3 is 1.84 bits per heavy atom. The fourth-order valence-corrected chi connectivity index (χ4v) is 14.4. The third-order valence-corrected chi connectivity index (χ3v) is 17.3. The van der Waals surface area contributed by atoms with E-state index >= 15 is 0 Å². The molecule has 62 heavy (non-hydrogen) atoms. The molecule has 1 nitrogen and oxygen atoms in total. The summed E-state index contributed by atoms with van der Waals surface area (Å²) in [5.41, 5.74) is 15.3. The SMILES string of the molecule is Cc1ccc2sc3c(-c4ccc5c(c4)c4cc(-c6ccc7sc8ccccc8c7c6)ccc4n5-c4ccc5c(c4)C(C)(C)c4c-5ccc5sc6ccccc6c45)cccc3c2c1. The first-order valence-corrected chi connectivity index (χ1v) is 23.8. The van der Waals surface area contributed by atoms with Gasteiger partial charge in [-0.3, -0.25) is 0 Å². The predicted octanol–water partition coefficient (Wildman–Crippen LogP) is 17.8. The topological polar surface area (TPSA) is 4.93 Å². The highest BCUT2D eigenvalue weighted by atomic mass is 32.1. The molecular formula is C58H37NS3. The normalized spacial score (nSPS) is 13.5. The number of nitrogens with zero attached hydrogens (tertiary/aromatic N) is 1. The number of hydrogen-bond acceptors (Lipinski definition) is 3. The van der Waals surface area contributed by atoms with Gasteiger partial charge in [0, 0.05) is 82.4 Å². The molecule has 1 aliphatic rings. The second-order valence-electron chi connectivity index (χ2n) is 17.7. The Kier molecular flexibility index (Phi) is 7.08. The minimum atomic E-state index is -0.172. The van der Waals surface area contributed by atoms with Gasteiger partial charge in [0.2, 0.25) is 0 Å². The molecule has 0 atom stereocenters. The van der Waals surface area contributed by atoms with Crippen molar-refractivity contribution >= 4 is 116 Å². The van der Waals surface area contributed by atoms with E-state index in [1.165, 1.54) is 138 Å². The summed E-state index contributed by atoms with van der Waals surface area (Å²) in [4.78, 5) is 0. The van der Waals surface area contributed by atoms with E-state index in [1.54, 1.807) is 0 Å². The van der Waals surface area contributed by atoms with Crippen molar-refractivity contribution in [3.8, 4) is 39.1 Å². The van der Waals surface area contributed by atoms with Gasteiger partial charge in [0.25, 0.3) is 0 Å². The van der Waals surface area contributed by atoms with E-state index in [2.05, 4.69) is 195 Å². The molecule has 292 valence electrons. The lowest BCUT2D eigenvalue weighted by molar-refractivity contribution is 0.666. The molecular weight excluding hydrogens is 807 g/mol. The molecule has 0 saturated carbocycles. The lowest BCUT2D eigenvalue weighted by Crippen LogP contribution is -2.15. The van der Waals surface area contributed by atoms with Gasteiger partial charge in [-0.2, -0.15) is 0 Å². The molecule has 13 aromatic rings. The average molecular weight is 844 g/mol. The van der Waals surface area contributed by atoms with Crippen LogP contribution in [-0.4, -0.2) is 4.57 Å². The molecule has 9 aromatic carbocycles. The maximum atomic E-state index is 2.52. The number of aromatic nitrogens is 1. The van der Waals surface area contributed by atoms with Crippen LogP contribution in [0.25, 0.3) is 121 Å². The summed E-state index contributed by atoms with van der Waals surface area (Å²) in [5.74, 6) is 0. The Hall–Kier alpha value is -6.56. The van der Waals surface area contributed by atoms with E-state index in [0.717, 1.165) is 0 Å². The van der Waals surface area contributed by atoms with Gasteiger partial charge in [-0.25, -0.2) is 0 Å². The molecule has 4 heteroatoms. The molecule has 0 fully saturated rings. The minimum Gasteiger partial charge on any atom is -0.309 e. The zero-order valence-corrected chi connectivity index (χ0v) is 36.8. The number of fused-ring (bicyclic) bond motifs is 16. The standard InChI is InChI=1S/C58H37NS3/c1-32-15-24-53-45(27-32)41-12-8-11-37(57(41)62-53)35-17-23-49-44(30-35)43-28-33(34-18-25-52-46(29-34)39-9-4-6-13-50(39)60-52)16-22-48(43)59(49)36-19-20-38-40-21-26-54-55(42-10-5-7-14-51(42)61-54)56(40)58(2,3)47(38)31-36/h4-31H,1-3H3. The van der Waals surface area contributed by atoms with Gasteiger partial charge in [-0.15, -0.1) is 34.0 Å². The molecule has 0 aliphatic heterocycles. The lowest BCUT2D eigenvalue weighted by atomic mass is 9.80. The summed E-state index contributed by atoms with van der Waals surface area (Å²) in [6.45, 7) is 7.05. The highest BCUT2D eigenvalue weighted by molar-refractivity contribution is 7.26. The number of benzene rings is 9. The fraction of sp³-hybridized carbons (Fsp3) is 0.0690. The van der Waals surface area contributed by atoms with Crippen LogP contribution in [0.2, 0.25) is 0 Å². The summed E-state index contributed by atoms with van der Waals surface area (Å²) in [6.07, 6.45) is 0. The zero-order chi connectivity index (χ0) is 41.0. The maximum absolute atomic E-state index is 2.52. The van der Waals surface area contributed by atoms with Crippen LogP contribution in [-0.2, 0) is 5.41 Å². The van der Waals surface area contributed by atoms with Gasteiger partial charge in [0.05, 0.1) is 11.0 Å². The summed E-state index contributed by atoms with van der Waals surface area (Å²) < 4.78 is 10.6. The molecule has 4 heterocycles. The summed E-state index contributed by atoms with van der Waals surface area (Å²) in [7, 11) is 0. The van der Waals surface area contributed by atoms with Crippen molar-refractivity contribution in [3.63, 3.8) is 0 Å². The predicted molar refractivity (Wildman–Crippen MR) is 273 cm³/mol. The monoisotopic (exact) mass is 843 g/mol. The van der Waals surface area contributed by atoms with Crippen molar-refractivity contribution in [1.82, 2.24) is 4.57 Å². The number of hydrogen-bond donors (Lipinski definition) is 0. The van der Waals surface area contributed by atoms with Crippen molar-refractivity contribution in [1.29, 1.82) is 0 Å². The molecule has 0 N–H and O–H groups in total. The van der Waals surface area contributed by atoms with Crippen molar-refractivity contribution in [2.75, 3.05) is 0 Å². The summed E-state index contributed by atoms with van der Waals surface area (Å²) in [6, 6.07) is 64.7. The van der Waals surface area contributed by atoms with Crippen molar-refractivity contribution < 1.29 is 0 Å². The second kappa shape index (κ2) is 12.5. The van der Waals surface area contributed by atoms with Crippen LogP contribution in [0.5, 0.6) is 0 Å². The summed E-state index contributed by atoms with van der Waals surface area (Å²) in [5, 5.41) is 10.7. The molecule has 0 spiro atoms. The Bertz CT molecular complexity index is 4090. The number of rotatable bonds is 3. The molecule has 1 aliphatic carbocycles. The zero-order valence-electron chi connectivity index (χ0n) is 34.3. The average Bonchev–Trinajstić information content (AvgIpc) is 4.10. The minimum absolute atomic E-state index is 0.172. The largest absolute Gasteiger partial charge is 0.309 e. The smallest absolute Gasteiger partial charge is 0.0541 e. The van der Waals surface area contributed by atoms with Gasteiger partial charge in [0.15, 0.2) is 0 Å². The second-order valence-corrected chi connectivity index (χ2v) is 20.9. The van der Waals surface area contributed by atoms with E-state index in [0.29, 0.717) is 0 Å². The van der Waals surface area contributed by atoms with Gasteiger partial charge in [-0.05, 0) is 130 Å². The highest BCUT2D eigenvalue weighted by Crippen LogP contribution is 2.55. The molecule has 0 unspecified atom stereocenters. The molecule has 14 rings (SSSR count). The van der Waals surface area contributed by atoms with Gasteiger partial charge in [0.1, 0.15) is 0 Å². The van der Waals surface area contributed by atoms with Crippen LogP contribution in [0.4, 0.5) is 0 Å². The van der Waals surface area contributed by atoms with E-state index in [1.807, 2.05) is 34.0 Å². The first-order chi connectivity index (χ1) is 30.4. The molecule has 0 saturated heterocycles. The van der Waals surface area contributed by atoms with E-state index in [4.69, 9.17) is 0 Å². The molecule has 0 radical (unpaired) electrons. The third kappa shape index (κ3) is 4.77. The summed E-state index contributed by atoms with van der Waals surface area (Å²) >= 11 is 5.70. The highest BCUT2D eigenvalue weighted by Gasteiger charge is 2.38. The third-order valence-electron chi connectivity index (χ3n) is 13.8. The van der Waals surface area contributed by atoms with Crippen LogP contribution in [0.3, 0.4) is 0 Å². The van der Waals surface area contributed by atoms with Crippen LogP contribution < -0.4 is 0 Å². The molecule has 0 amide bonds. The van der Waals surface area contributed by atoms with Crippen molar-refractivity contribution in [3.05, 3.63) is 187 Å². The number of thiophene rings is 3. The Morgan fingerprint density at radius 2 is 1.00 bits per heavy atom. The van der Waals surface area contributed by atoms with Crippen LogP contribution in [0, 0.1) is 6.92 Å². The van der Waals surface area contributed by atoms with Gasteiger partial charge < -0.3 is 4.57 Å². The lowest BCUT2D eigenvalue weighted by Gasteiger charge is -2.23. The quantitative estimate of drug-likeness (QED) is 0.167. The van der Waals surface area contributed by atoms with Crippen molar-refractivity contribution in [2.24, 2.45) is 0 Å².